The highest BCUT2D eigenvalue weighted by Crippen LogP contribution is 2.41. The van der Waals surface area contributed by atoms with Crippen molar-refractivity contribution in [2.45, 2.75) is 71.9 Å². The average Bonchev–Trinajstić information content (AvgIpc) is 2.15. The summed E-state index contributed by atoms with van der Waals surface area (Å²) in [6.07, 6.45) is 3.52. The fourth-order valence-corrected chi connectivity index (χ4v) is 2.95. The van der Waals surface area contributed by atoms with E-state index in [4.69, 9.17) is 0 Å². The smallest absolute Gasteiger partial charge is 0.323 e. The lowest BCUT2D eigenvalue weighted by Crippen LogP contribution is -2.57. The highest BCUT2D eigenvalue weighted by molar-refractivity contribution is 5.79. The van der Waals surface area contributed by atoms with Crippen molar-refractivity contribution in [3.8, 4) is 0 Å². The zero-order valence-electron chi connectivity index (χ0n) is 11.8. The first-order valence-electron chi connectivity index (χ1n) is 6.68. The van der Waals surface area contributed by atoms with E-state index in [0.29, 0.717) is 11.3 Å². The first-order valence-corrected chi connectivity index (χ1v) is 6.68. The van der Waals surface area contributed by atoms with Crippen LogP contribution >= 0.6 is 0 Å². The van der Waals surface area contributed by atoms with Crippen LogP contribution in [0.3, 0.4) is 0 Å². The van der Waals surface area contributed by atoms with Crippen LogP contribution in [0.2, 0.25) is 0 Å². The molecule has 3 nitrogen and oxygen atoms in total. The van der Waals surface area contributed by atoms with E-state index in [0.717, 1.165) is 25.7 Å². The number of carboxylic acids is 1. The minimum Gasteiger partial charge on any atom is -0.480 e. The number of hydrogen-bond acceptors (Lipinski definition) is 2. The Morgan fingerprint density at radius 2 is 1.76 bits per heavy atom. The van der Waals surface area contributed by atoms with Crippen molar-refractivity contribution in [2.24, 2.45) is 11.3 Å². The molecule has 0 aromatic heterocycles. The zero-order chi connectivity index (χ0) is 13.3. The molecule has 0 unspecified atom stereocenters. The molecule has 3 heteroatoms. The molecule has 0 saturated heterocycles. The number of hydrogen-bond donors (Lipinski definition) is 2. The summed E-state index contributed by atoms with van der Waals surface area (Å²) >= 11 is 0. The second-order valence-corrected chi connectivity index (χ2v) is 6.83. The van der Waals surface area contributed by atoms with Gasteiger partial charge in [0.05, 0.1) is 0 Å². The van der Waals surface area contributed by atoms with Crippen LogP contribution in [0.1, 0.15) is 60.3 Å². The summed E-state index contributed by atoms with van der Waals surface area (Å²) in [7, 11) is 0. The van der Waals surface area contributed by atoms with Gasteiger partial charge in [-0.25, -0.2) is 0 Å². The lowest BCUT2D eigenvalue weighted by Gasteiger charge is -2.43. The molecule has 0 aliphatic heterocycles. The van der Waals surface area contributed by atoms with Crippen molar-refractivity contribution in [2.75, 3.05) is 0 Å². The SMILES string of the molecule is CC(C)NC1(C(=O)O)CCC(C(C)(C)C)CC1. The van der Waals surface area contributed by atoms with E-state index in [1.54, 1.807) is 0 Å². The maximum absolute atomic E-state index is 11.5. The third kappa shape index (κ3) is 3.44. The van der Waals surface area contributed by atoms with Gasteiger partial charge in [-0.15, -0.1) is 0 Å². The molecule has 17 heavy (non-hydrogen) atoms. The molecule has 1 fully saturated rings. The highest BCUT2D eigenvalue weighted by Gasteiger charge is 2.44. The Bertz CT molecular complexity index is 270. The number of nitrogens with one attached hydrogen (secondary N) is 1. The molecule has 100 valence electrons. The van der Waals surface area contributed by atoms with Gasteiger partial charge >= 0.3 is 5.97 Å². The normalized spacial score (nSPS) is 30.6. The molecule has 0 heterocycles. The summed E-state index contributed by atoms with van der Waals surface area (Å²) in [5.74, 6) is -0.0394. The second-order valence-electron chi connectivity index (χ2n) is 6.83. The van der Waals surface area contributed by atoms with E-state index in [2.05, 4.69) is 26.1 Å². The van der Waals surface area contributed by atoms with E-state index < -0.39 is 11.5 Å². The van der Waals surface area contributed by atoms with Crippen LogP contribution in [0.4, 0.5) is 0 Å². The van der Waals surface area contributed by atoms with Gasteiger partial charge in [0.2, 0.25) is 0 Å². The summed E-state index contributed by atoms with van der Waals surface area (Å²) in [5, 5.41) is 12.7. The summed E-state index contributed by atoms with van der Waals surface area (Å²) in [4.78, 5) is 11.5. The van der Waals surface area contributed by atoms with Gasteiger partial charge in [0.25, 0.3) is 0 Å². The fourth-order valence-electron chi connectivity index (χ4n) is 2.95. The largest absolute Gasteiger partial charge is 0.480 e. The zero-order valence-corrected chi connectivity index (χ0v) is 11.8. The molecule has 1 rings (SSSR count). The third-order valence-electron chi connectivity index (χ3n) is 4.04. The molecule has 0 atom stereocenters. The summed E-state index contributed by atoms with van der Waals surface area (Å²) in [6, 6.07) is 0.220. The average molecular weight is 241 g/mol. The lowest BCUT2D eigenvalue weighted by atomic mass is 9.67. The number of rotatable bonds is 3. The molecule has 0 amide bonds. The van der Waals surface area contributed by atoms with E-state index in [9.17, 15) is 9.90 Å². The molecule has 1 aliphatic carbocycles. The quantitative estimate of drug-likeness (QED) is 0.798. The van der Waals surface area contributed by atoms with E-state index in [1.165, 1.54) is 0 Å². The summed E-state index contributed by atoms with van der Waals surface area (Å²) in [6.45, 7) is 10.8. The molecular formula is C14H27NO2. The monoisotopic (exact) mass is 241 g/mol. The Labute approximate surface area is 105 Å². The predicted octanol–water partition coefficient (Wildman–Crippen LogP) is 3.04. The van der Waals surface area contributed by atoms with Crippen LogP contribution in [0.25, 0.3) is 0 Å². The molecule has 1 aliphatic rings. The Morgan fingerprint density at radius 3 is 2.06 bits per heavy atom. The Hall–Kier alpha value is -0.570. The number of carboxylic acid groups (broad SMARTS) is 1. The van der Waals surface area contributed by atoms with Gasteiger partial charge in [0, 0.05) is 6.04 Å². The minimum absolute atomic E-state index is 0.220. The minimum atomic E-state index is -0.685. The first kappa shape index (κ1) is 14.5. The molecule has 0 aromatic carbocycles. The van der Waals surface area contributed by atoms with Gasteiger partial charge in [-0.3, -0.25) is 10.1 Å². The van der Waals surface area contributed by atoms with Crippen LogP contribution < -0.4 is 5.32 Å². The van der Waals surface area contributed by atoms with Crippen LogP contribution in [0.5, 0.6) is 0 Å². The van der Waals surface area contributed by atoms with Crippen molar-refractivity contribution >= 4 is 5.97 Å². The Morgan fingerprint density at radius 1 is 1.29 bits per heavy atom. The highest BCUT2D eigenvalue weighted by atomic mass is 16.4. The van der Waals surface area contributed by atoms with Crippen molar-refractivity contribution in [1.29, 1.82) is 0 Å². The summed E-state index contributed by atoms with van der Waals surface area (Å²) < 4.78 is 0. The van der Waals surface area contributed by atoms with Crippen molar-refractivity contribution in [3.63, 3.8) is 0 Å². The van der Waals surface area contributed by atoms with Gasteiger partial charge in [-0.1, -0.05) is 20.8 Å². The van der Waals surface area contributed by atoms with Gasteiger partial charge in [0.15, 0.2) is 0 Å². The Balaban J connectivity index is 2.71. The predicted molar refractivity (Wildman–Crippen MR) is 70.1 cm³/mol. The van der Waals surface area contributed by atoms with Crippen molar-refractivity contribution in [1.82, 2.24) is 5.32 Å². The van der Waals surface area contributed by atoms with Crippen molar-refractivity contribution < 1.29 is 9.90 Å². The standard InChI is InChI=1S/C14H27NO2/c1-10(2)15-14(12(16)17)8-6-11(7-9-14)13(3,4)5/h10-11,15H,6-9H2,1-5H3,(H,16,17). The van der Waals surface area contributed by atoms with E-state index >= 15 is 0 Å². The van der Waals surface area contributed by atoms with Gasteiger partial charge in [-0.2, -0.15) is 0 Å². The summed E-state index contributed by atoms with van der Waals surface area (Å²) in [5.41, 5.74) is -0.390. The maximum atomic E-state index is 11.5. The molecule has 1 saturated carbocycles. The molecular weight excluding hydrogens is 214 g/mol. The molecule has 2 N–H and O–H groups in total. The Kier molecular flexibility index (Phi) is 4.23. The van der Waals surface area contributed by atoms with Crippen LogP contribution in [-0.4, -0.2) is 22.7 Å². The molecule has 0 spiro atoms. The topological polar surface area (TPSA) is 49.3 Å². The lowest BCUT2D eigenvalue weighted by molar-refractivity contribution is -0.147. The fraction of sp³-hybridized carbons (Fsp3) is 0.929. The van der Waals surface area contributed by atoms with E-state index in [-0.39, 0.29) is 6.04 Å². The van der Waals surface area contributed by atoms with Crippen molar-refractivity contribution in [3.05, 3.63) is 0 Å². The molecule has 0 radical (unpaired) electrons. The van der Waals surface area contributed by atoms with E-state index in [1.807, 2.05) is 13.8 Å². The van der Waals surface area contributed by atoms with Gasteiger partial charge < -0.3 is 5.11 Å². The maximum Gasteiger partial charge on any atom is 0.323 e. The van der Waals surface area contributed by atoms with Crippen LogP contribution in [-0.2, 0) is 4.79 Å². The number of carbonyl (C=O) groups is 1. The van der Waals surface area contributed by atoms with Crippen LogP contribution in [0.15, 0.2) is 0 Å². The third-order valence-corrected chi connectivity index (χ3v) is 4.04. The molecule has 0 bridgehead atoms. The number of aliphatic carboxylic acids is 1. The molecule has 0 aromatic rings. The van der Waals surface area contributed by atoms with Crippen LogP contribution in [0, 0.1) is 11.3 Å². The van der Waals surface area contributed by atoms with Gasteiger partial charge in [-0.05, 0) is 50.9 Å². The second kappa shape index (κ2) is 4.97. The first-order chi connectivity index (χ1) is 7.67. The van der Waals surface area contributed by atoms with Gasteiger partial charge in [0.1, 0.15) is 5.54 Å².